The molecule has 2 atom stereocenters. The van der Waals surface area contributed by atoms with Crippen LogP contribution < -0.4 is 4.74 Å². The summed E-state index contributed by atoms with van der Waals surface area (Å²) >= 11 is 0. The predicted octanol–water partition coefficient (Wildman–Crippen LogP) is 5.74. The van der Waals surface area contributed by atoms with Crippen LogP contribution in [0.15, 0.2) is 36.7 Å². The zero-order chi connectivity index (χ0) is 29.2. The average Bonchev–Trinajstić information content (AvgIpc) is 3.39. The summed E-state index contributed by atoms with van der Waals surface area (Å²) in [5, 5.41) is 21.8. The summed E-state index contributed by atoms with van der Waals surface area (Å²) in [5.41, 5.74) is -0.559. The maximum absolute atomic E-state index is 16.1. The number of nitrogens with zero attached hydrogens (tertiary/aromatic N) is 4. The zero-order valence-corrected chi connectivity index (χ0v) is 23.4. The van der Waals surface area contributed by atoms with Gasteiger partial charge in [-0.25, -0.2) is 13.8 Å². The van der Waals surface area contributed by atoms with Crippen molar-refractivity contribution in [1.82, 2.24) is 19.9 Å². The maximum Gasteiger partial charge on any atom is 0.317 e. The first-order chi connectivity index (χ1) is 20.2. The molecule has 216 valence electrons. The van der Waals surface area contributed by atoms with Crippen molar-refractivity contribution in [2.24, 2.45) is 5.41 Å². The smallest absolute Gasteiger partial charge is 0.317 e. The number of pyridine rings is 1. The standard InChI is InChI=1S/C33H32F2N4O3/c1-3-23-25(34)8-7-19-12-22(40)13-24(27(19)23)30-28(35)29-20(16-36-30)17-37-31(38-29)42-18-33-9-4-6-26(33)39(11-5-10-33)21-14-32(2,41)15-21/h1,7-8,12-13,16-17,21,26,40-41H,4-6,9-11,14-15,18H2,2H3/t21?,26-,32?,33-/m1/s1. The van der Waals surface area contributed by atoms with E-state index in [4.69, 9.17) is 11.2 Å². The molecule has 0 radical (unpaired) electrons. The Bertz CT molecular complexity index is 1760. The van der Waals surface area contributed by atoms with Crippen LogP contribution in [-0.2, 0) is 0 Å². The third-order valence-electron chi connectivity index (χ3n) is 9.65. The quantitative estimate of drug-likeness (QED) is 0.296. The van der Waals surface area contributed by atoms with Crippen molar-refractivity contribution >= 4 is 21.7 Å². The molecule has 2 aromatic carbocycles. The molecule has 0 spiro atoms. The lowest BCUT2D eigenvalue weighted by Gasteiger charge is -2.55. The number of hydrogen-bond acceptors (Lipinski definition) is 7. The van der Waals surface area contributed by atoms with Crippen LogP contribution in [0.2, 0.25) is 0 Å². The Balaban J connectivity index is 1.21. The van der Waals surface area contributed by atoms with Gasteiger partial charge in [-0.2, -0.15) is 4.98 Å². The number of piperidine rings is 1. The molecule has 7 rings (SSSR count). The van der Waals surface area contributed by atoms with E-state index >= 15 is 4.39 Å². The highest BCUT2D eigenvalue weighted by Crippen LogP contribution is 2.51. The van der Waals surface area contributed by atoms with Gasteiger partial charge in [0.2, 0.25) is 0 Å². The largest absolute Gasteiger partial charge is 0.508 e. The SMILES string of the molecule is C#Cc1c(F)ccc2cc(O)cc(-c3ncc4cnc(OC[C@]56CCC[C@H]5N(C5CC(C)(O)C5)CCC6)nc4c3F)c12. The molecule has 2 N–H and O–H groups in total. The van der Waals surface area contributed by atoms with Gasteiger partial charge in [-0.05, 0) is 75.6 Å². The Morgan fingerprint density at radius 1 is 1.12 bits per heavy atom. The minimum absolute atomic E-state index is 0.0163. The Morgan fingerprint density at radius 3 is 2.69 bits per heavy atom. The Kier molecular flexibility index (Phi) is 6.33. The van der Waals surface area contributed by atoms with Crippen LogP contribution in [-0.4, -0.2) is 60.9 Å². The normalized spacial score (nSPS) is 27.5. The van der Waals surface area contributed by atoms with Crippen LogP contribution in [0.5, 0.6) is 11.8 Å². The summed E-state index contributed by atoms with van der Waals surface area (Å²) in [6, 6.07) is 6.34. The maximum atomic E-state index is 16.1. The van der Waals surface area contributed by atoms with E-state index in [1.54, 1.807) is 0 Å². The molecule has 42 heavy (non-hydrogen) atoms. The second kappa shape index (κ2) is 9.85. The number of halogens is 2. The molecule has 1 aliphatic heterocycles. The Hall–Kier alpha value is -3.87. The van der Waals surface area contributed by atoms with Gasteiger partial charge in [0, 0.05) is 46.2 Å². The summed E-state index contributed by atoms with van der Waals surface area (Å²) in [6.07, 6.45) is 15.5. The number of hydrogen-bond donors (Lipinski definition) is 2. The van der Waals surface area contributed by atoms with Gasteiger partial charge >= 0.3 is 6.01 Å². The van der Waals surface area contributed by atoms with Crippen molar-refractivity contribution < 1.29 is 23.7 Å². The summed E-state index contributed by atoms with van der Waals surface area (Å²) in [7, 11) is 0. The number of aromatic nitrogens is 3. The van der Waals surface area contributed by atoms with E-state index in [9.17, 15) is 14.6 Å². The molecule has 0 unspecified atom stereocenters. The highest BCUT2D eigenvalue weighted by atomic mass is 19.1. The van der Waals surface area contributed by atoms with Gasteiger partial charge in [0.1, 0.15) is 22.8 Å². The number of aliphatic hydroxyl groups is 1. The van der Waals surface area contributed by atoms with E-state index in [1.807, 2.05) is 6.92 Å². The number of phenols is 1. The Labute approximate surface area is 242 Å². The van der Waals surface area contributed by atoms with E-state index in [0.717, 1.165) is 51.5 Å². The molecule has 2 saturated carbocycles. The van der Waals surface area contributed by atoms with Crippen LogP contribution in [0.3, 0.4) is 0 Å². The van der Waals surface area contributed by atoms with Crippen molar-refractivity contribution in [1.29, 1.82) is 0 Å². The fourth-order valence-corrected chi connectivity index (χ4v) is 7.73. The third kappa shape index (κ3) is 4.36. The molecule has 0 bridgehead atoms. The summed E-state index contributed by atoms with van der Waals surface area (Å²) in [6.45, 7) is 3.38. The molecule has 3 fully saturated rings. The Morgan fingerprint density at radius 2 is 1.90 bits per heavy atom. The molecule has 3 aliphatic rings. The predicted molar refractivity (Wildman–Crippen MR) is 155 cm³/mol. The van der Waals surface area contributed by atoms with Gasteiger partial charge in [0.25, 0.3) is 0 Å². The monoisotopic (exact) mass is 570 g/mol. The third-order valence-corrected chi connectivity index (χ3v) is 9.65. The second-order valence-electron chi connectivity index (χ2n) is 12.5. The first-order valence-electron chi connectivity index (χ1n) is 14.5. The molecular weight excluding hydrogens is 538 g/mol. The average molecular weight is 571 g/mol. The number of likely N-dealkylation sites (tertiary alicyclic amines) is 1. The topological polar surface area (TPSA) is 91.6 Å². The second-order valence-corrected chi connectivity index (χ2v) is 12.5. The van der Waals surface area contributed by atoms with Gasteiger partial charge in [-0.1, -0.05) is 18.4 Å². The molecular formula is C33H32F2N4O3. The summed E-state index contributed by atoms with van der Waals surface area (Å²) in [4.78, 5) is 15.7. The molecule has 2 aliphatic carbocycles. The number of fused-ring (bicyclic) bond motifs is 3. The van der Waals surface area contributed by atoms with Gasteiger partial charge in [0.15, 0.2) is 5.82 Å². The molecule has 0 amide bonds. The van der Waals surface area contributed by atoms with E-state index < -0.39 is 17.2 Å². The van der Waals surface area contributed by atoms with Gasteiger partial charge in [-0.15, -0.1) is 6.42 Å². The zero-order valence-electron chi connectivity index (χ0n) is 23.4. The van der Waals surface area contributed by atoms with Crippen LogP contribution in [0, 0.1) is 29.4 Å². The molecule has 7 nitrogen and oxygen atoms in total. The van der Waals surface area contributed by atoms with Crippen molar-refractivity contribution in [2.45, 2.75) is 69.6 Å². The molecule has 3 heterocycles. The van der Waals surface area contributed by atoms with Crippen molar-refractivity contribution in [3.63, 3.8) is 0 Å². The van der Waals surface area contributed by atoms with Crippen LogP contribution >= 0.6 is 0 Å². The molecule has 4 aromatic rings. The number of benzene rings is 2. The van der Waals surface area contributed by atoms with Crippen molar-refractivity contribution in [3.8, 4) is 35.4 Å². The number of phenolic OH excluding ortho intramolecular Hbond substituents is 1. The van der Waals surface area contributed by atoms with E-state index in [1.165, 1.54) is 36.7 Å². The fourth-order valence-electron chi connectivity index (χ4n) is 7.73. The lowest BCUT2D eigenvalue weighted by Crippen LogP contribution is -2.61. The highest BCUT2D eigenvalue weighted by Gasteiger charge is 2.53. The van der Waals surface area contributed by atoms with Crippen molar-refractivity contribution in [3.05, 3.63) is 53.9 Å². The minimum Gasteiger partial charge on any atom is -0.508 e. The fraction of sp³-hybridized carbons (Fsp3) is 0.424. The molecule has 9 heteroatoms. The number of aromatic hydroxyl groups is 1. The lowest BCUT2D eigenvalue weighted by atomic mass is 9.70. The van der Waals surface area contributed by atoms with Crippen molar-refractivity contribution in [2.75, 3.05) is 13.2 Å². The minimum atomic E-state index is -0.739. The van der Waals surface area contributed by atoms with Gasteiger partial charge < -0.3 is 14.9 Å². The van der Waals surface area contributed by atoms with Crippen LogP contribution in [0.1, 0.15) is 57.4 Å². The van der Waals surface area contributed by atoms with Gasteiger partial charge in [-0.3, -0.25) is 9.88 Å². The van der Waals surface area contributed by atoms with Gasteiger partial charge in [0.05, 0.1) is 17.8 Å². The highest BCUT2D eigenvalue weighted by molar-refractivity contribution is 6.02. The van der Waals surface area contributed by atoms with Crippen LogP contribution in [0.25, 0.3) is 32.9 Å². The molecule has 1 saturated heterocycles. The summed E-state index contributed by atoms with van der Waals surface area (Å²) < 4.78 is 37.0. The molecule has 2 aromatic heterocycles. The number of terminal acetylenes is 1. The lowest BCUT2D eigenvalue weighted by molar-refractivity contribution is -0.117. The first kappa shape index (κ1) is 27.0. The van der Waals surface area contributed by atoms with E-state index in [2.05, 4.69) is 25.8 Å². The first-order valence-corrected chi connectivity index (χ1v) is 14.5. The van der Waals surface area contributed by atoms with Crippen LogP contribution in [0.4, 0.5) is 8.78 Å². The number of rotatable bonds is 5. The van der Waals surface area contributed by atoms with E-state index in [0.29, 0.717) is 29.5 Å². The summed E-state index contributed by atoms with van der Waals surface area (Å²) in [5.74, 6) is 0.865. The van der Waals surface area contributed by atoms with E-state index in [-0.39, 0.29) is 44.9 Å². The number of ether oxygens (including phenoxy) is 1.